The van der Waals surface area contributed by atoms with E-state index in [0.717, 1.165) is 25.7 Å². The van der Waals surface area contributed by atoms with Gasteiger partial charge in [-0.05, 0) is 39.2 Å². The maximum atomic E-state index is 11.6. The lowest BCUT2D eigenvalue weighted by Gasteiger charge is -2.33. The molecule has 2 atom stereocenters. The Morgan fingerprint density at radius 3 is 2.75 bits per heavy atom. The second-order valence-corrected chi connectivity index (χ2v) is 5.34. The molecule has 0 aromatic rings. The second-order valence-electron chi connectivity index (χ2n) is 5.34. The van der Waals surface area contributed by atoms with Gasteiger partial charge in [0.15, 0.2) is 0 Å². The van der Waals surface area contributed by atoms with Gasteiger partial charge >= 0.3 is 0 Å². The summed E-state index contributed by atoms with van der Waals surface area (Å²) in [4.78, 5) is 13.8. The van der Waals surface area contributed by atoms with Gasteiger partial charge in [0.05, 0.1) is 6.54 Å². The minimum Gasteiger partial charge on any atom is -0.352 e. The summed E-state index contributed by atoms with van der Waals surface area (Å²) in [5, 5.41) is 3.02. The molecular weight excluding hydrogens is 202 g/mol. The van der Waals surface area contributed by atoms with Crippen molar-refractivity contribution in [3.63, 3.8) is 0 Å². The van der Waals surface area contributed by atoms with Crippen molar-refractivity contribution >= 4 is 5.91 Å². The van der Waals surface area contributed by atoms with Gasteiger partial charge in [0.25, 0.3) is 0 Å². The number of hydrogen-bond acceptors (Lipinski definition) is 3. The van der Waals surface area contributed by atoms with Crippen LogP contribution in [0, 0.1) is 0 Å². The molecule has 2 aliphatic carbocycles. The van der Waals surface area contributed by atoms with Crippen LogP contribution in [0.5, 0.6) is 0 Å². The van der Waals surface area contributed by atoms with E-state index in [1.54, 1.807) is 0 Å². The van der Waals surface area contributed by atoms with Crippen LogP contribution in [0.4, 0.5) is 0 Å². The Hall–Kier alpha value is -0.610. The van der Waals surface area contributed by atoms with E-state index in [1.165, 1.54) is 12.8 Å². The summed E-state index contributed by atoms with van der Waals surface area (Å²) in [7, 11) is 2.04. The fourth-order valence-corrected chi connectivity index (χ4v) is 2.46. The average Bonchev–Trinajstić information content (AvgIpc) is 3.01. The third-order valence-electron chi connectivity index (χ3n) is 3.65. The van der Waals surface area contributed by atoms with Crippen LogP contribution < -0.4 is 11.1 Å². The number of rotatable bonds is 4. The number of nitrogens with zero attached hydrogens (tertiary/aromatic N) is 1. The molecule has 0 aromatic heterocycles. The van der Waals surface area contributed by atoms with Crippen molar-refractivity contribution in [1.29, 1.82) is 0 Å². The number of nitrogens with one attached hydrogen (secondary N) is 1. The van der Waals surface area contributed by atoms with Gasteiger partial charge in [0.1, 0.15) is 0 Å². The zero-order valence-corrected chi connectivity index (χ0v) is 10.1. The first kappa shape index (κ1) is 11.9. The Kier molecular flexibility index (Phi) is 3.82. The fourth-order valence-electron chi connectivity index (χ4n) is 2.46. The second kappa shape index (κ2) is 5.15. The molecule has 92 valence electrons. The maximum Gasteiger partial charge on any atom is 0.234 e. The summed E-state index contributed by atoms with van der Waals surface area (Å²) in [5.74, 6) is 0.171. The molecule has 2 fully saturated rings. The molecule has 16 heavy (non-hydrogen) atoms. The lowest BCUT2D eigenvalue weighted by molar-refractivity contribution is -0.122. The Morgan fingerprint density at radius 1 is 1.38 bits per heavy atom. The first-order chi connectivity index (χ1) is 7.65. The fraction of sp³-hybridized carbons (Fsp3) is 0.917. The third-order valence-corrected chi connectivity index (χ3v) is 3.65. The minimum atomic E-state index is 0.171. The highest BCUT2D eigenvalue weighted by molar-refractivity contribution is 5.78. The van der Waals surface area contributed by atoms with Gasteiger partial charge in [-0.15, -0.1) is 0 Å². The summed E-state index contributed by atoms with van der Waals surface area (Å²) in [6, 6.07) is 1.29. The molecule has 4 nitrogen and oxygen atoms in total. The molecule has 0 heterocycles. The molecule has 1 amide bonds. The molecule has 2 rings (SSSR count). The van der Waals surface area contributed by atoms with Crippen molar-refractivity contribution in [1.82, 2.24) is 10.2 Å². The van der Waals surface area contributed by atoms with Crippen LogP contribution in [-0.4, -0.2) is 42.5 Å². The molecule has 3 N–H and O–H groups in total. The summed E-state index contributed by atoms with van der Waals surface area (Å²) in [5.41, 5.74) is 5.96. The Balaban J connectivity index is 1.72. The van der Waals surface area contributed by atoms with Crippen LogP contribution >= 0.6 is 0 Å². The van der Waals surface area contributed by atoms with Crippen LogP contribution in [0.15, 0.2) is 0 Å². The van der Waals surface area contributed by atoms with E-state index in [9.17, 15) is 4.79 Å². The van der Waals surface area contributed by atoms with E-state index in [0.29, 0.717) is 24.7 Å². The number of likely N-dealkylation sites (N-methyl/N-ethyl adjacent to an activating group) is 1. The topological polar surface area (TPSA) is 58.4 Å². The largest absolute Gasteiger partial charge is 0.352 e. The zero-order chi connectivity index (χ0) is 11.5. The number of nitrogens with two attached hydrogens (primary N) is 1. The van der Waals surface area contributed by atoms with Crippen molar-refractivity contribution in [2.24, 2.45) is 5.73 Å². The average molecular weight is 225 g/mol. The van der Waals surface area contributed by atoms with E-state index < -0.39 is 0 Å². The van der Waals surface area contributed by atoms with E-state index in [1.807, 2.05) is 7.05 Å². The highest BCUT2D eigenvalue weighted by atomic mass is 16.2. The van der Waals surface area contributed by atoms with Gasteiger partial charge in [-0.1, -0.05) is 6.42 Å². The summed E-state index contributed by atoms with van der Waals surface area (Å²) < 4.78 is 0. The van der Waals surface area contributed by atoms with Crippen LogP contribution in [0.2, 0.25) is 0 Å². The monoisotopic (exact) mass is 225 g/mol. The molecule has 0 aliphatic heterocycles. The SMILES string of the molecule is CN(CC(=O)NC1CC1)C1CCCC(N)C1. The number of carbonyl (C=O) groups is 1. The van der Waals surface area contributed by atoms with Crippen molar-refractivity contribution in [3.8, 4) is 0 Å². The first-order valence-corrected chi connectivity index (χ1v) is 6.40. The minimum absolute atomic E-state index is 0.171. The molecule has 0 saturated heterocycles. The number of amides is 1. The quantitative estimate of drug-likeness (QED) is 0.731. The van der Waals surface area contributed by atoms with Crippen molar-refractivity contribution < 1.29 is 4.79 Å². The maximum absolute atomic E-state index is 11.6. The summed E-state index contributed by atoms with van der Waals surface area (Å²) in [6.07, 6.45) is 6.86. The molecule has 0 radical (unpaired) electrons. The summed E-state index contributed by atoms with van der Waals surface area (Å²) in [6.45, 7) is 0.522. The van der Waals surface area contributed by atoms with Crippen molar-refractivity contribution in [2.75, 3.05) is 13.6 Å². The van der Waals surface area contributed by atoms with Crippen LogP contribution in [0.25, 0.3) is 0 Å². The Labute approximate surface area is 97.6 Å². The third kappa shape index (κ3) is 3.46. The van der Waals surface area contributed by atoms with E-state index in [-0.39, 0.29) is 5.91 Å². The van der Waals surface area contributed by atoms with Gasteiger partial charge in [-0.25, -0.2) is 0 Å². The van der Waals surface area contributed by atoms with Crippen LogP contribution in [-0.2, 0) is 4.79 Å². The molecule has 0 aromatic carbocycles. The van der Waals surface area contributed by atoms with Crippen molar-refractivity contribution in [2.45, 2.75) is 56.7 Å². The van der Waals surface area contributed by atoms with Crippen LogP contribution in [0.3, 0.4) is 0 Å². The van der Waals surface area contributed by atoms with Gasteiger partial charge in [0.2, 0.25) is 5.91 Å². The molecule has 0 bridgehead atoms. The van der Waals surface area contributed by atoms with Gasteiger partial charge in [0, 0.05) is 18.1 Å². The molecule has 4 heteroatoms. The molecule has 0 spiro atoms. The number of hydrogen-bond donors (Lipinski definition) is 2. The lowest BCUT2D eigenvalue weighted by atomic mass is 9.91. The van der Waals surface area contributed by atoms with Gasteiger partial charge < -0.3 is 11.1 Å². The Morgan fingerprint density at radius 2 is 2.12 bits per heavy atom. The summed E-state index contributed by atoms with van der Waals surface area (Å²) >= 11 is 0. The number of carbonyl (C=O) groups excluding carboxylic acids is 1. The normalized spacial score (nSPS) is 30.4. The predicted octanol–water partition coefficient (Wildman–Crippen LogP) is 0.467. The van der Waals surface area contributed by atoms with Gasteiger partial charge in [-0.2, -0.15) is 0 Å². The van der Waals surface area contributed by atoms with E-state index in [2.05, 4.69) is 10.2 Å². The lowest BCUT2D eigenvalue weighted by Crippen LogP contribution is -2.45. The predicted molar refractivity (Wildman–Crippen MR) is 64.0 cm³/mol. The van der Waals surface area contributed by atoms with Gasteiger partial charge in [-0.3, -0.25) is 9.69 Å². The zero-order valence-electron chi connectivity index (χ0n) is 10.1. The van der Waals surface area contributed by atoms with E-state index >= 15 is 0 Å². The standard InChI is InChI=1S/C12H23N3O/c1-15(8-12(16)14-10-5-6-10)11-4-2-3-9(13)7-11/h9-11H,2-8,13H2,1H3,(H,14,16). The van der Waals surface area contributed by atoms with Crippen LogP contribution in [0.1, 0.15) is 38.5 Å². The van der Waals surface area contributed by atoms with Crippen molar-refractivity contribution in [3.05, 3.63) is 0 Å². The molecule has 2 aliphatic rings. The highest BCUT2D eigenvalue weighted by Crippen LogP contribution is 2.21. The van der Waals surface area contributed by atoms with E-state index in [4.69, 9.17) is 5.73 Å². The Bertz CT molecular complexity index is 253. The first-order valence-electron chi connectivity index (χ1n) is 6.40. The smallest absolute Gasteiger partial charge is 0.234 e. The highest BCUT2D eigenvalue weighted by Gasteiger charge is 2.26. The molecule has 2 unspecified atom stereocenters. The molecular formula is C12H23N3O. The molecule has 2 saturated carbocycles.